The van der Waals surface area contributed by atoms with E-state index >= 15 is 0 Å². The summed E-state index contributed by atoms with van der Waals surface area (Å²) in [6, 6.07) is 9.56. The molecular formula is C25H27NO5. The third-order valence-corrected chi connectivity index (χ3v) is 4.86. The van der Waals surface area contributed by atoms with Gasteiger partial charge in [0.1, 0.15) is 11.3 Å². The fourth-order valence-corrected chi connectivity index (χ4v) is 3.36. The monoisotopic (exact) mass is 421 g/mol. The first kappa shape index (κ1) is 22.0. The number of furan rings is 1. The number of amides is 1. The highest BCUT2D eigenvalue weighted by Crippen LogP contribution is 2.39. The van der Waals surface area contributed by atoms with Crippen LogP contribution in [0.5, 0.6) is 17.2 Å². The molecule has 0 spiro atoms. The molecule has 1 N–H and O–H groups in total. The van der Waals surface area contributed by atoms with Crippen LogP contribution >= 0.6 is 0 Å². The number of allylic oxidation sites excluding steroid dienone is 1. The zero-order chi connectivity index (χ0) is 22.4. The zero-order valence-electron chi connectivity index (χ0n) is 18.3. The van der Waals surface area contributed by atoms with Gasteiger partial charge in [0.2, 0.25) is 5.91 Å². The SMILES string of the molecule is C=CCNC(=O)/C=C(\C)c1cc2c(-c3ccc(OC)c(OC)c3)coc2cc1OCC. The molecule has 0 saturated heterocycles. The molecule has 3 aromatic rings. The second-order valence-corrected chi connectivity index (χ2v) is 6.86. The Kier molecular flexibility index (Phi) is 7.03. The first-order valence-electron chi connectivity index (χ1n) is 10.00. The minimum Gasteiger partial charge on any atom is -0.493 e. The van der Waals surface area contributed by atoms with Crippen molar-refractivity contribution in [3.05, 3.63) is 60.9 Å². The number of carbonyl (C=O) groups is 1. The van der Waals surface area contributed by atoms with E-state index in [2.05, 4.69) is 11.9 Å². The number of hydrogen-bond acceptors (Lipinski definition) is 5. The van der Waals surface area contributed by atoms with Crippen molar-refractivity contribution >= 4 is 22.4 Å². The van der Waals surface area contributed by atoms with E-state index in [4.69, 9.17) is 18.6 Å². The third kappa shape index (κ3) is 4.74. The minimum atomic E-state index is -0.188. The molecule has 6 nitrogen and oxygen atoms in total. The number of nitrogens with one attached hydrogen (secondary N) is 1. The van der Waals surface area contributed by atoms with Crippen molar-refractivity contribution in [3.63, 3.8) is 0 Å². The van der Waals surface area contributed by atoms with E-state index in [9.17, 15) is 4.79 Å². The van der Waals surface area contributed by atoms with Gasteiger partial charge in [-0.25, -0.2) is 0 Å². The molecule has 0 aliphatic heterocycles. The van der Waals surface area contributed by atoms with Crippen LogP contribution in [-0.4, -0.2) is 33.3 Å². The van der Waals surface area contributed by atoms with Crippen LogP contribution in [0, 0.1) is 0 Å². The Labute approximate surface area is 182 Å². The van der Waals surface area contributed by atoms with Crippen LogP contribution in [0.2, 0.25) is 0 Å². The van der Waals surface area contributed by atoms with Gasteiger partial charge in [0.05, 0.1) is 27.1 Å². The summed E-state index contributed by atoms with van der Waals surface area (Å²) in [4.78, 5) is 12.2. The van der Waals surface area contributed by atoms with Crippen molar-refractivity contribution in [1.29, 1.82) is 0 Å². The Morgan fingerprint density at radius 1 is 1.13 bits per heavy atom. The average Bonchev–Trinajstić information content (AvgIpc) is 3.19. The maximum Gasteiger partial charge on any atom is 0.244 e. The zero-order valence-corrected chi connectivity index (χ0v) is 18.3. The molecule has 0 aliphatic rings. The number of carbonyl (C=O) groups excluding carboxylic acids is 1. The lowest BCUT2D eigenvalue weighted by molar-refractivity contribution is -0.116. The third-order valence-electron chi connectivity index (χ3n) is 4.86. The maximum absolute atomic E-state index is 12.2. The van der Waals surface area contributed by atoms with Gasteiger partial charge in [-0.15, -0.1) is 6.58 Å². The predicted octanol–water partition coefficient (Wildman–Crippen LogP) is 5.22. The molecule has 162 valence electrons. The topological polar surface area (TPSA) is 69.9 Å². The summed E-state index contributed by atoms with van der Waals surface area (Å²) >= 11 is 0. The highest BCUT2D eigenvalue weighted by atomic mass is 16.5. The summed E-state index contributed by atoms with van der Waals surface area (Å²) in [6.45, 7) is 8.32. The first-order chi connectivity index (χ1) is 15.0. The molecule has 0 atom stereocenters. The molecule has 1 aromatic heterocycles. The molecule has 0 radical (unpaired) electrons. The quantitative estimate of drug-likeness (QED) is 0.379. The van der Waals surface area contributed by atoms with Gasteiger partial charge in [0.25, 0.3) is 0 Å². The first-order valence-corrected chi connectivity index (χ1v) is 10.00. The normalized spacial score (nSPS) is 11.3. The highest BCUT2D eigenvalue weighted by Gasteiger charge is 2.16. The average molecular weight is 421 g/mol. The highest BCUT2D eigenvalue weighted by molar-refractivity contribution is 6.00. The van der Waals surface area contributed by atoms with Gasteiger partial charge in [0, 0.05) is 35.2 Å². The van der Waals surface area contributed by atoms with Crippen LogP contribution in [0.3, 0.4) is 0 Å². The minimum absolute atomic E-state index is 0.188. The van der Waals surface area contributed by atoms with Gasteiger partial charge in [-0.1, -0.05) is 12.1 Å². The van der Waals surface area contributed by atoms with Crippen LogP contribution in [0.25, 0.3) is 27.7 Å². The van der Waals surface area contributed by atoms with Crippen molar-refractivity contribution in [1.82, 2.24) is 5.32 Å². The van der Waals surface area contributed by atoms with Crippen LogP contribution in [0.4, 0.5) is 0 Å². The van der Waals surface area contributed by atoms with Crippen molar-refractivity contribution < 1.29 is 23.4 Å². The van der Waals surface area contributed by atoms with E-state index in [0.717, 1.165) is 27.6 Å². The fourth-order valence-electron chi connectivity index (χ4n) is 3.36. The molecule has 0 aliphatic carbocycles. The predicted molar refractivity (Wildman–Crippen MR) is 123 cm³/mol. The lowest BCUT2D eigenvalue weighted by atomic mass is 9.99. The van der Waals surface area contributed by atoms with Crippen molar-refractivity contribution in [2.45, 2.75) is 13.8 Å². The molecular weight excluding hydrogens is 394 g/mol. The molecule has 6 heteroatoms. The van der Waals surface area contributed by atoms with Crippen LogP contribution in [-0.2, 0) is 4.79 Å². The standard InChI is InChI=1S/C25H27NO5/c1-6-10-26-25(27)11-16(3)18-13-19-20(15-31-23(19)14-22(18)30-7-2)17-8-9-21(28-4)24(12-17)29-5/h6,8-9,11-15H,1,7,10H2,2-5H3,(H,26,27)/b16-11+. The molecule has 0 fully saturated rings. The molecule has 2 aromatic carbocycles. The summed E-state index contributed by atoms with van der Waals surface area (Å²) in [7, 11) is 3.21. The van der Waals surface area contributed by atoms with E-state index in [1.807, 2.05) is 44.2 Å². The lowest BCUT2D eigenvalue weighted by Crippen LogP contribution is -2.20. The van der Waals surface area contributed by atoms with Gasteiger partial charge < -0.3 is 23.9 Å². The summed E-state index contributed by atoms with van der Waals surface area (Å²) in [6.07, 6.45) is 4.91. The second-order valence-electron chi connectivity index (χ2n) is 6.86. The van der Waals surface area contributed by atoms with Crippen LogP contribution in [0.15, 0.2) is 59.7 Å². The maximum atomic E-state index is 12.2. The molecule has 0 bridgehead atoms. The number of hydrogen-bond donors (Lipinski definition) is 1. The fraction of sp³-hybridized carbons (Fsp3) is 0.240. The van der Waals surface area contributed by atoms with E-state index in [1.54, 1.807) is 32.6 Å². The van der Waals surface area contributed by atoms with Gasteiger partial charge in [-0.05, 0) is 43.2 Å². The van der Waals surface area contributed by atoms with Crippen molar-refractivity contribution in [2.24, 2.45) is 0 Å². The van der Waals surface area contributed by atoms with Gasteiger partial charge in [-0.3, -0.25) is 4.79 Å². The lowest BCUT2D eigenvalue weighted by Gasteiger charge is -2.12. The van der Waals surface area contributed by atoms with Crippen LogP contribution < -0.4 is 19.5 Å². The van der Waals surface area contributed by atoms with E-state index < -0.39 is 0 Å². The Morgan fingerprint density at radius 2 is 1.90 bits per heavy atom. The molecule has 3 rings (SSSR count). The van der Waals surface area contributed by atoms with E-state index in [-0.39, 0.29) is 5.91 Å². The summed E-state index contributed by atoms with van der Waals surface area (Å²) in [5, 5.41) is 3.67. The second kappa shape index (κ2) is 9.89. The molecule has 0 saturated carbocycles. The number of methoxy groups -OCH3 is 2. The summed E-state index contributed by atoms with van der Waals surface area (Å²) in [5.74, 6) is 1.76. The molecule has 1 amide bonds. The summed E-state index contributed by atoms with van der Waals surface area (Å²) < 4.78 is 22.4. The van der Waals surface area contributed by atoms with Gasteiger partial charge in [0.15, 0.2) is 11.5 Å². The molecule has 31 heavy (non-hydrogen) atoms. The largest absolute Gasteiger partial charge is 0.493 e. The van der Waals surface area contributed by atoms with Gasteiger partial charge >= 0.3 is 0 Å². The smallest absolute Gasteiger partial charge is 0.244 e. The Bertz CT molecular complexity index is 1130. The number of benzene rings is 2. The Balaban J connectivity index is 2.11. The number of rotatable bonds is 9. The number of ether oxygens (including phenoxy) is 3. The van der Waals surface area contributed by atoms with Crippen molar-refractivity contribution in [3.8, 4) is 28.4 Å². The Morgan fingerprint density at radius 3 is 2.58 bits per heavy atom. The Hall–Kier alpha value is -3.67. The van der Waals surface area contributed by atoms with Crippen molar-refractivity contribution in [2.75, 3.05) is 27.4 Å². The molecule has 0 unspecified atom stereocenters. The van der Waals surface area contributed by atoms with E-state index in [1.165, 1.54) is 0 Å². The molecule has 1 heterocycles. The number of fused-ring (bicyclic) bond motifs is 1. The van der Waals surface area contributed by atoms with Crippen LogP contribution in [0.1, 0.15) is 19.4 Å². The summed E-state index contributed by atoms with van der Waals surface area (Å²) in [5.41, 5.74) is 4.14. The van der Waals surface area contributed by atoms with Gasteiger partial charge in [-0.2, -0.15) is 0 Å². The van der Waals surface area contributed by atoms with E-state index in [0.29, 0.717) is 36.0 Å².